The molecule has 0 aromatic carbocycles. The van der Waals surface area contributed by atoms with Crippen LogP contribution in [0.1, 0.15) is 6.92 Å². The van der Waals surface area contributed by atoms with Gasteiger partial charge in [0.05, 0.1) is 6.61 Å². The zero-order chi connectivity index (χ0) is 13.7. The lowest BCUT2D eigenvalue weighted by Crippen LogP contribution is -2.28. The zero-order valence-electron chi connectivity index (χ0n) is 10.2. The molecule has 0 bridgehead atoms. The van der Waals surface area contributed by atoms with Gasteiger partial charge in [0, 0.05) is 12.4 Å². The lowest BCUT2D eigenvalue weighted by atomic mass is 10.5. The maximum absolute atomic E-state index is 11.7. The first-order valence-corrected chi connectivity index (χ1v) is 5.55. The van der Waals surface area contributed by atoms with Gasteiger partial charge < -0.3 is 4.74 Å². The van der Waals surface area contributed by atoms with E-state index < -0.39 is 11.6 Å². The van der Waals surface area contributed by atoms with E-state index in [1.807, 2.05) is 0 Å². The lowest BCUT2D eigenvalue weighted by Gasteiger charge is -2.03. The Labute approximate surface area is 107 Å². The highest BCUT2D eigenvalue weighted by Crippen LogP contribution is 2.05. The van der Waals surface area contributed by atoms with Gasteiger partial charge in [0.1, 0.15) is 6.54 Å². The summed E-state index contributed by atoms with van der Waals surface area (Å²) in [5.74, 6) is -0.264. The first-order valence-electron chi connectivity index (χ1n) is 5.55. The van der Waals surface area contributed by atoms with E-state index in [-0.39, 0.29) is 18.5 Å². The number of hydrogen-bond donors (Lipinski definition) is 2. The number of nitrogens with zero attached hydrogens (tertiary/aromatic N) is 4. The molecule has 2 heterocycles. The Kier molecular flexibility index (Phi) is 3.86. The Balaban J connectivity index is 1.97. The van der Waals surface area contributed by atoms with Crippen LogP contribution in [0.4, 0.5) is 5.95 Å². The molecule has 9 nitrogen and oxygen atoms in total. The lowest BCUT2D eigenvalue weighted by molar-refractivity contribution is -0.116. The fourth-order valence-electron chi connectivity index (χ4n) is 1.33. The van der Waals surface area contributed by atoms with Crippen LogP contribution in [-0.4, -0.2) is 37.2 Å². The van der Waals surface area contributed by atoms with E-state index in [0.717, 1.165) is 0 Å². The van der Waals surface area contributed by atoms with E-state index >= 15 is 0 Å². The van der Waals surface area contributed by atoms with Crippen LogP contribution < -0.4 is 15.7 Å². The normalized spacial score (nSPS) is 10.2. The minimum Gasteiger partial charge on any atom is -0.463 e. The van der Waals surface area contributed by atoms with E-state index in [9.17, 15) is 9.59 Å². The monoisotopic (exact) mass is 264 g/mol. The van der Waals surface area contributed by atoms with Gasteiger partial charge in [-0.25, -0.2) is 14.9 Å². The second-order valence-electron chi connectivity index (χ2n) is 3.48. The minimum atomic E-state index is -0.495. The first kappa shape index (κ1) is 12.7. The maximum Gasteiger partial charge on any atom is 0.347 e. The Morgan fingerprint density at radius 3 is 3.16 bits per heavy atom. The number of carbonyl (C=O) groups is 1. The van der Waals surface area contributed by atoms with Crippen molar-refractivity contribution in [2.75, 3.05) is 11.9 Å². The zero-order valence-corrected chi connectivity index (χ0v) is 10.2. The van der Waals surface area contributed by atoms with E-state index in [0.29, 0.717) is 6.61 Å². The number of carbonyl (C=O) groups excluding carboxylic acids is 1. The molecule has 0 atom stereocenters. The fraction of sp³-hybridized carbons (Fsp3) is 0.300. The van der Waals surface area contributed by atoms with Gasteiger partial charge >= 0.3 is 11.7 Å². The smallest absolute Gasteiger partial charge is 0.347 e. The molecule has 2 aromatic heterocycles. The van der Waals surface area contributed by atoms with Crippen LogP contribution in [0.2, 0.25) is 0 Å². The molecule has 2 N–H and O–H groups in total. The molecule has 1 amide bonds. The number of ether oxygens (including phenoxy) is 1. The highest BCUT2D eigenvalue weighted by atomic mass is 16.5. The van der Waals surface area contributed by atoms with Gasteiger partial charge in [0.15, 0.2) is 0 Å². The predicted octanol–water partition coefficient (Wildman–Crippen LogP) is -0.601. The summed E-state index contributed by atoms with van der Waals surface area (Å²) in [7, 11) is 0. The number of nitrogens with one attached hydrogen (secondary N) is 2. The second kappa shape index (κ2) is 5.76. The topological polar surface area (TPSA) is 115 Å². The maximum atomic E-state index is 11.7. The van der Waals surface area contributed by atoms with E-state index in [2.05, 4.69) is 25.5 Å². The van der Waals surface area contributed by atoms with Crippen molar-refractivity contribution in [1.29, 1.82) is 0 Å². The minimum absolute atomic E-state index is 0.149. The Hall–Kier alpha value is -2.71. The van der Waals surface area contributed by atoms with Crippen LogP contribution >= 0.6 is 0 Å². The number of amides is 1. The molecule has 0 saturated carbocycles. The van der Waals surface area contributed by atoms with Gasteiger partial charge in [-0.15, -0.1) is 5.10 Å². The van der Waals surface area contributed by atoms with Crippen LogP contribution in [0.3, 0.4) is 0 Å². The summed E-state index contributed by atoms with van der Waals surface area (Å²) in [6, 6.07) is 1.72. The number of hydrogen-bond acceptors (Lipinski definition) is 6. The Morgan fingerprint density at radius 1 is 1.58 bits per heavy atom. The molecular formula is C10H12N6O3. The summed E-state index contributed by atoms with van der Waals surface area (Å²) in [6.45, 7) is 2.07. The van der Waals surface area contributed by atoms with Crippen LogP contribution in [-0.2, 0) is 11.3 Å². The highest BCUT2D eigenvalue weighted by molar-refractivity contribution is 5.88. The van der Waals surface area contributed by atoms with Crippen LogP contribution in [0, 0.1) is 0 Å². The van der Waals surface area contributed by atoms with Crippen molar-refractivity contribution in [3.05, 3.63) is 28.9 Å². The average Bonchev–Trinajstić information content (AvgIpc) is 2.80. The largest absolute Gasteiger partial charge is 0.463 e. The molecule has 9 heteroatoms. The fourth-order valence-corrected chi connectivity index (χ4v) is 1.33. The van der Waals surface area contributed by atoms with Crippen molar-refractivity contribution in [3.8, 4) is 6.01 Å². The summed E-state index contributed by atoms with van der Waals surface area (Å²) in [6.07, 6.45) is 2.84. The van der Waals surface area contributed by atoms with Crippen molar-refractivity contribution in [1.82, 2.24) is 24.7 Å². The molecular weight excluding hydrogens is 252 g/mol. The molecule has 2 aromatic rings. The van der Waals surface area contributed by atoms with Crippen LogP contribution in [0.5, 0.6) is 6.01 Å². The van der Waals surface area contributed by atoms with Gasteiger partial charge in [-0.1, -0.05) is 0 Å². The molecule has 0 unspecified atom stereocenters. The first-order chi connectivity index (χ1) is 9.19. The van der Waals surface area contributed by atoms with Crippen LogP contribution in [0.15, 0.2) is 23.3 Å². The molecule has 0 aliphatic rings. The number of H-pyrrole nitrogens is 1. The second-order valence-corrected chi connectivity index (χ2v) is 3.48. The third kappa shape index (κ3) is 3.37. The molecule has 0 aliphatic carbocycles. The van der Waals surface area contributed by atoms with Crippen LogP contribution in [0.25, 0.3) is 0 Å². The van der Waals surface area contributed by atoms with E-state index in [1.165, 1.54) is 17.0 Å². The molecule has 2 rings (SSSR count). The summed E-state index contributed by atoms with van der Waals surface area (Å²) in [5, 5.41) is 8.69. The van der Waals surface area contributed by atoms with E-state index in [1.54, 1.807) is 13.0 Å². The summed E-state index contributed by atoms with van der Waals surface area (Å²) in [4.78, 5) is 30.4. The molecule has 0 fully saturated rings. The predicted molar refractivity (Wildman–Crippen MR) is 64.7 cm³/mol. The SMILES string of the molecule is CCOc1n[nH]c(NC(=O)Cn2cccnc2=O)n1. The van der Waals surface area contributed by atoms with Crippen molar-refractivity contribution >= 4 is 11.9 Å². The third-order valence-electron chi connectivity index (χ3n) is 2.09. The van der Waals surface area contributed by atoms with Gasteiger partial charge in [0.2, 0.25) is 11.9 Å². The van der Waals surface area contributed by atoms with Crippen molar-refractivity contribution in [2.24, 2.45) is 0 Å². The molecule has 0 aliphatic heterocycles. The number of anilines is 1. The average molecular weight is 264 g/mol. The quantitative estimate of drug-likeness (QED) is 0.745. The van der Waals surface area contributed by atoms with Crippen molar-refractivity contribution in [3.63, 3.8) is 0 Å². The van der Waals surface area contributed by atoms with Gasteiger partial charge in [0.25, 0.3) is 0 Å². The standard InChI is InChI=1S/C10H12N6O3/c1-2-19-9-13-8(14-15-9)12-7(17)6-16-5-3-4-11-10(16)18/h3-5H,2,6H2,1H3,(H2,12,13,14,15,17). The highest BCUT2D eigenvalue weighted by Gasteiger charge is 2.09. The van der Waals surface area contributed by atoms with E-state index in [4.69, 9.17) is 4.74 Å². The summed E-state index contributed by atoms with van der Waals surface area (Å²) < 4.78 is 6.21. The molecule has 100 valence electrons. The summed E-state index contributed by atoms with van der Waals surface area (Å²) in [5.41, 5.74) is -0.495. The molecule has 0 spiro atoms. The summed E-state index contributed by atoms with van der Waals surface area (Å²) >= 11 is 0. The van der Waals surface area contributed by atoms with Gasteiger partial charge in [-0.05, 0) is 13.0 Å². The Morgan fingerprint density at radius 2 is 2.42 bits per heavy atom. The van der Waals surface area contributed by atoms with Crippen molar-refractivity contribution < 1.29 is 9.53 Å². The van der Waals surface area contributed by atoms with Crippen molar-refractivity contribution in [2.45, 2.75) is 13.5 Å². The van der Waals surface area contributed by atoms with Gasteiger partial charge in [-0.3, -0.25) is 14.7 Å². The number of aromatic amines is 1. The molecule has 0 radical (unpaired) electrons. The van der Waals surface area contributed by atoms with Gasteiger partial charge in [-0.2, -0.15) is 4.98 Å². The molecule has 19 heavy (non-hydrogen) atoms. The number of aromatic nitrogens is 5. The third-order valence-corrected chi connectivity index (χ3v) is 2.09. The Bertz CT molecular complexity index is 619. The molecule has 0 saturated heterocycles. The number of rotatable bonds is 5.